The van der Waals surface area contributed by atoms with E-state index < -0.39 is 0 Å². The molecule has 0 bridgehead atoms. The highest BCUT2D eigenvalue weighted by Gasteiger charge is 2.13. The summed E-state index contributed by atoms with van der Waals surface area (Å²) in [6.07, 6.45) is 1.34. The van der Waals surface area contributed by atoms with Gasteiger partial charge >= 0.3 is 0 Å². The van der Waals surface area contributed by atoms with Gasteiger partial charge < -0.3 is 14.9 Å². The molecule has 0 fully saturated rings. The molecule has 0 unspecified atom stereocenters. The van der Waals surface area contributed by atoms with E-state index in [1.807, 2.05) is 32.0 Å². The Labute approximate surface area is 142 Å². The first-order chi connectivity index (χ1) is 11.5. The molecule has 1 amide bonds. The molecule has 24 heavy (non-hydrogen) atoms. The quantitative estimate of drug-likeness (QED) is 0.707. The fourth-order valence-corrected chi connectivity index (χ4v) is 3.03. The third-order valence-corrected chi connectivity index (χ3v) is 4.77. The van der Waals surface area contributed by atoms with Crippen molar-refractivity contribution in [2.45, 2.75) is 19.0 Å². The maximum atomic E-state index is 12.1. The molecule has 8 heteroatoms. The fourth-order valence-electron chi connectivity index (χ4n) is 2.27. The number of aromatic nitrogens is 4. The number of thioether (sulfide) groups is 1. The molecule has 3 aromatic rings. The zero-order valence-corrected chi connectivity index (χ0v) is 14.4. The van der Waals surface area contributed by atoms with Crippen LogP contribution in [0.4, 0.5) is 5.69 Å². The molecule has 124 valence electrons. The first kappa shape index (κ1) is 16.3. The third-order valence-electron chi connectivity index (χ3n) is 3.74. The summed E-state index contributed by atoms with van der Waals surface area (Å²) in [5, 5.41) is 3.44. The van der Waals surface area contributed by atoms with E-state index in [0.29, 0.717) is 10.8 Å². The van der Waals surface area contributed by atoms with Gasteiger partial charge in [-0.2, -0.15) is 0 Å². The van der Waals surface area contributed by atoms with Gasteiger partial charge in [0.15, 0.2) is 16.3 Å². The van der Waals surface area contributed by atoms with Gasteiger partial charge in [-0.1, -0.05) is 17.8 Å². The van der Waals surface area contributed by atoms with Crippen LogP contribution < -0.4 is 10.9 Å². The van der Waals surface area contributed by atoms with Crippen LogP contribution in [0.25, 0.3) is 11.2 Å². The lowest BCUT2D eigenvalue weighted by Crippen LogP contribution is -2.14. The molecule has 0 aliphatic rings. The summed E-state index contributed by atoms with van der Waals surface area (Å²) in [5.74, 6) is 0.0688. The number of H-pyrrole nitrogens is 1. The Morgan fingerprint density at radius 1 is 1.33 bits per heavy atom. The topological polar surface area (TPSA) is 92.7 Å². The van der Waals surface area contributed by atoms with Crippen molar-refractivity contribution in [3.05, 3.63) is 46.0 Å². The molecule has 0 aliphatic carbocycles. The molecule has 0 atom stereocenters. The van der Waals surface area contributed by atoms with Crippen LogP contribution >= 0.6 is 11.8 Å². The summed E-state index contributed by atoms with van der Waals surface area (Å²) < 4.78 is 1.71. The van der Waals surface area contributed by atoms with Crippen molar-refractivity contribution in [3.63, 3.8) is 0 Å². The number of aromatic amines is 1. The van der Waals surface area contributed by atoms with Crippen molar-refractivity contribution < 1.29 is 4.79 Å². The van der Waals surface area contributed by atoms with Crippen molar-refractivity contribution in [2.24, 2.45) is 7.05 Å². The molecule has 0 spiro atoms. The lowest BCUT2D eigenvalue weighted by atomic mass is 10.1. The molecule has 3 rings (SSSR count). The Bertz CT molecular complexity index is 976. The van der Waals surface area contributed by atoms with Gasteiger partial charge in [0.05, 0.1) is 12.1 Å². The van der Waals surface area contributed by atoms with E-state index in [0.717, 1.165) is 11.3 Å². The van der Waals surface area contributed by atoms with Crippen LogP contribution in [0, 0.1) is 13.8 Å². The third kappa shape index (κ3) is 3.18. The van der Waals surface area contributed by atoms with Crippen molar-refractivity contribution in [1.29, 1.82) is 0 Å². The number of anilines is 1. The minimum Gasteiger partial charge on any atom is -0.325 e. The van der Waals surface area contributed by atoms with Crippen LogP contribution in [0.1, 0.15) is 11.1 Å². The van der Waals surface area contributed by atoms with Crippen LogP contribution in [0.2, 0.25) is 0 Å². The summed E-state index contributed by atoms with van der Waals surface area (Å²) in [7, 11) is 1.77. The van der Waals surface area contributed by atoms with E-state index in [2.05, 4.69) is 20.3 Å². The van der Waals surface area contributed by atoms with Crippen molar-refractivity contribution >= 4 is 34.5 Å². The van der Waals surface area contributed by atoms with E-state index in [4.69, 9.17) is 0 Å². The largest absolute Gasteiger partial charge is 0.325 e. The van der Waals surface area contributed by atoms with E-state index >= 15 is 0 Å². The van der Waals surface area contributed by atoms with E-state index in [9.17, 15) is 9.59 Å². The Morgan fingerprint density at radius 3 is 2.83 bits per heavy atom. The molecule has 1 aromatic carbocycles. The molecule has 2 heterocycles. The van der Waals surface area contributed by atoms with Gasteiger partial charge in [-0.15, -0.1) is 0 Å². The molecule has 2 aromatic heterocycles. The van der Waals surface area contributed by atoms with E-state index in [-0.39, 0.29) is 22.7 Å². The maximum absolute atomic E-state index is 12.1. The number of benzene rings is 1. The zero-order chi connectivity index (χ0) is 17.3. The van der Waals surface area contributed by atoms with E-state index in [1.165, 1.54) is 23.7 Å². The van der Waals surface area contributed by atoms with Gasteiger partial charge in [-0.05, 0) is 37.1 Å². The average Bonchev–Trinajstić information content (AvgIpc) is 2.87. The molecule has 0 saturated carbocycles. The molecule has 0 saturated heterocycles. The number of rotatable bonds is 4. The predicted octanol–water partition coefficient (Wildman–Crippen LogP) is 2.00. The van der Waals surface area contributed by atoms with Crippen LogP contribution in [0.5, 0.6) is 0 Å². The number of amides is 1. The Kier molecular flexibility index (Phi) is 4.39. The molecule has 7 nitrogen and oxygen atoms in total. The van der Waals surface area contributed by atoms with Gasteiger partial charge in [0.25, 0.3) is 5.56 Å². The number of hydrogen-bond acceptors (Lipinski definition) is 5. The maximum Gasteiger partial charge on any atom is 0.278 e. The molecular formula is C16H17N5O2S. The molecular weight excluding hydrogens is 326 g/mol. The standard InChI is InChI=1S/C16H17N5O2S/c1-9-4-5-11(6-10(9)2)19-12(22)7-24-16-20-13-14(21(16)3)17-8-18-15(13)23/h4-6,8H,7H2,1-3H3,(H,19,22)(H,17,18,23). The average molecular weight is 343 g/mol. The first-order valence-corrected chi connectivity index (χ1v) is 8.34. The zero-order valence-electron chi connectivity index (χ0n) is 13.6. The number of carbonyl (C=O) groups excluding carboxylic acids is 1. The van der Waals surface area contributed by atoms with Crippen molar-refractivity contribution in [3.8, 4) is 0 Å². The van der Waals surface area contributed by atoms with Crippen molar-refractivity contribution in [1.82, 2.24) is 19.5 Å². The number of imidazole rings is 1. The van der Waals surface area contributed by atoms with Gasteiger partial charge in [0.1, 0.15) is 0 Å². The number of nitrogens with one attached hydrogen (secondary N) is 2. The van der Waals surface area contributed by atoms with Crippen LogP contribution in [0.3, 0.4) is 0 Å². The van der Waals surface area contributed by atoms with Gasteiger partial charge in [-0.25, -0.2) is 9.97 Å². The van der Waals surface area contributed by atoms with Crippen LogP contribution in [-0.4, -0.2) is 31.2 Å². The molecule has 0 aliphatic heterocycles. The predicted molar refractivity (Wildman–Crippen MR) is 94.4 cm³/mol. The highest BCUT2D eigenvalue weighted by Crippen LogP contribution is 2.20. The summed E-state index contributed by atoms with van der Waals surface area (Å²) in [4.78, 5) is 34.7. The normalized spacial score (nSPS) is 11.0. The minimum atomic E-state index is -0.290. The minimum absolute atomic E-state index is 0.128. The fraction of sp³-hybridized carbons (Fsp3) is 0.250. The number of fused-ring (bicyclic) bond motifs is 1. The summed E-state index contributed by atoms with van der Waals surface area (Å²) in [6, 6.07) is 5.79. The Morgan fingerprint density at radius 2 is 2.12 bits per heavy atom. The summed E-state index contributed by atoms with van der Waals surface area (Å²) in [5.41, 5.74) is 3.56. The Hall–Kier alpha value is -2.61. The van der Waals surface area contributed by atoms with E-state index in [1.54, 1.807) is 11.6 Å². The molecule has 0 radical (unpaired) electrons. The molecule has 2 N–H and O–H groups in total. The highest BCUT2D eigenvalue weighted by molar-refractivity contribution is 7.99. The Balaban J connectivity index is 1.70. The highest BCUT2D eigenvalue weighted by atomic mass is 32.2. The van der Waals surface area contributed by atoms with Gasteiger partial charge in [-0.3, -0.25) is 9.59 Å². The van der Waals surface area contributed by atoms with Crippen LogP contribution in [-0.2, 0) is 11.8 Å². The van der Waals surface area contributed by atoms with Crippen LogP contribution in [0.15, 0.2) is 34.5 Å². The first-order valence-electron chi connectivity index (χ1n) is 7.35. The monoisotopic (exact) mass is 343 g/mol. The second-order valence-corrected chi connectivity index (χ2v) is 6.44. The van der Waals surface area contributed by atoms with Crippen molar-refractivity contribution in [2.75, 3.05) is 11.1 Å². The second kappa shape index (κ2) is 6.48. The summed E-state index contributed by atoms with van der Waals surface area (Å²) >= 11 is 1.26. The number of hydrogen-bond donors (Lipinski definition) is 2. The number of nitrogens with zero attached hydrogens (tertiary/aromatic N) is 3. The van der Waals surface area contributed by atoms with Gasteiger partial charge in [0, 0.05) is 12.7 Å². The lowest BCUT2D eigenvalue weighted by molar-refractivity contribution is -0.113. The SMILES string of the molecule is Cc1ccc(NC(=O)CSc2nc3c(=O)[nH]cnc3n2C)cc1C. The number of aryl methyl sites for hydroxylation is 3. The van der Waals surface area contributed by atoms with Gasteiger partial charge in [0.2, 0.25) is 5.91 Å². The lowest BCUT2D eigenvalue weighted by Gasteiger charge is -2.07. The second-order valence-electron chi connectivity index (χ2n) is 5.49. The summed E-state index contributed by atoms with van der Waals surface area (Å²) in [6.45, 7) is 4.03. The smallest absolute Gasteiger partial charge is 0.278 e. The number of carbonyl (C=O) groups is 1.